The van der Waals surface area contributed by atoms with Gasteiger partial charge in [0.2, 0.25) is 0 Å². The molecule has 6 unspecified atom stereocenters. The molecule has 0 bridgehead atoms. The fourth-order valence-electron chi connectivity index (χ4n) is 8.64. The van der Waals surface area contributed by atoms with Crippen molar-refractivity contribution in [3.63, 3.8) is 0 Å². The first-order valence-corrected chi connectivity index (χ1v) is 14.3. The normalized spacial score (nSPS) is 36.9. The molecule has 6 atom stereocenters. The second-order valence-corrected chi connectivity index (χ2v) is 12.6. The number of carbonyl (C=O) groups excluding carboxylic acids is 1. The largest absolute Gasteiger partial charge is 0.318 e. The Morgan fingerprint density at radius 2 is 1.85 bits per heavy atom. The maximum absolute atomic E-state index is 12.1. The lowest BCUT2D eigenvalue weighted by molar-refractivity contribution is -0.117. The van der Waals surface area contributed by atoms with Gasteiger partial charge in [0.05, 0.1) is 5.69 Å². The van der Waals surface area contributed by atoms with Crippen molar-refractivity contribution in [2.75, 3.05) is 11.4 Å². The van der Waals surface area contributed by atoms with Crippen LogP contribution in [-0.2, 0) is 4.79 Å². The summed E-state index contributed by atoms with van der Waals surface area (Å²) in [5, 5.41) is 3.50. The molecule has 2 aromatic rings. The predicted molar refractivity (Wildman–Crippen MR) is 141 cm³/mol. The van der Waals surface area contributed by atoms with Crippen LogP contribution >= 0.6 is 11.3 Å². The van der Waals surface area contributed by atoms with Gasteiger partial charge in [-0.15, -0.1) is 11.3 Å². The molecule has 4 heteroatoms. The predicted octanol–water partition coefficient (Wildman–Crippen LogP) is 7.92. The number of ketones is 1. The van der Waals surface area contributed by atoms with E-state index < -0.39 is 0 Å². The summed E-state index contributed by atoms with van der Waals surface area (Å²) >= 11 is 1.81. The fraction of sp³-hybridized carbons (Fsp3) is 0.600. The summed E-state index contributed by atoms with van der Waals surface area (Å²) in [6.07, 6.45) is 11.5. The molecule has 0 N–H and O–H groups in total. The Bertz CT molecular complexity index is 1110. The van der Waals surface area contributed by atoms with Gasteiger partial charge in [0.15, 0.2) is 10.9 Å². The third kappa shape index (κ3) is 3.35. The summed E-state index contributed by atoms with van der Waals surface area (Å²) in [6.45, 7) is 8.24. The van der Waals surface area contributed by atoms with E-state index in [1.54, 1.807) is 0 Å². The van der Waals surface area contributed by atoms with Crippen LogP contribution in [0.2, 0.25) is 0 Å². The first-order valence-electron chi connectivity index (χ1n) is 13.5. The van der Waals surface area contributed by atoms with E-state index in [4.69, 9.17) is 4.98 Å². The number of hydrogen-bond donors (Lipinski definition) is 0. The molecule has 3 fully saturated rings. The fourth-order valence-corrected chi connectivity index (χ4v) is 9.60. The van der Waals surface area contributed by atoms with E-state index in [0.29, 0.717) is 17.1 Å². The molecule has 4 aliphatic carbocycles. The number of para-hydroxylation sites is 1. The molecule has 180 valence electrons. The number of thiazole rings is 1. The molecule has 3 nitrogen and oxygen atoms in total. The number of allylic oxidation sites excluding steroid dienone is 1. The Morgan fingerprint density at radius 3 is 2.65 bits per heavy atom. The first-order chi connectivity index (χ1) is 16.4. The number of rotatable bonds is 4. The number of benzene rings is 1. The molecule has 0 radical (unpaired) electrons. The van der Waals surface area contributed by atoms with Crippen LogP contribution in [0.15, 0.2) is 47.4 Å². The van der Waals surface area contributed by atoms with Crippen molar-refractivity contribution in [1.29, 1.82) is 0 Å². The van der Waals surface area contributed by atoms with Crippen molar-refractivity contribution in [3.05, 3.63) is 53.1 Å². The molecule has 1 aromatic heterocycles. The van der Waals surface area contributed by atoms with Crippen LogP contribution in [0.4, 0.5) is 10.8 Å². The number of carbonyl (C=O) groups is 1. The molecule has 0 spiro atoms. The van der Waals surface area contributed by atoms with Crippen molar-refractivity contribution in [1.82, 2.24) is 4.98 Å². The van der Waals surface area contributed by atoms with Crippen molar-refractivity contribution in [2.24, 2.45) is 28.6 Å². The third-order valence-electron chi connectivity index (χ3n) is 10.4. The Kier molecular flexibility index (Phi) is 5.51. The van der Waals surface area contributed by atoms with E-state index in [1.807, 2.05) is 17.4 Å². The van der Waals surface area contributed by atoms with Crippen LogP contribution in [-0.4, -0.2) is 17.3 Å². The number of nitrogens with zero attached hydrogens (tertiary/aromatic N) is 2. The molecule has 0 saturated heterocycles. The zero-order chi connectivity index (χ0) is 23.5. The van der Waals surface area contributed by atoms with Gasteiger partial charge in [-0.05, 0) is 98.7 Å². The third-order valence-corrected chi connectivity index (χ3v) is 11.3. The first kappa shape index (κ1) is 22.5. The summed E-state index contributed by atoms with van der Waals surface area (Å²) in [5.74, 6) is 3.32. The van der Waals surface area contributed by atoms with E-state index in [-0.39, 0.29) is 5.41 Å². The average molecular weight is 475 g/mol. The highest BCUT2D eigenvalue weighted by atomic mass is 32.1. The Balaban J connectivity index is 1.26. The van der Waals surface area contributed by atoms with Gasteiger partial charge < -0.3 is 4.90 Å². The van der Waals surface area contributed by atoms with Gasteiger partial charge in [-0.3, -0.25) is 4.79 Å². The summed E-state index contributed by atoms with van der Waals surface area (Å²) < 4.78 is 0. The molecule has 4 aliphatic rings. The van der Waals surface area contributed by atoms with Crippen LogP contribution in [0, 0.1) is 28.6 Å². The molecule has 1 heterocycles. The van der Waals surface area contributed by atoms with Crippen LogP contribution < -0.4 is 4.90 Å². The van der Waals surface area contributed by atoms with E-state index in [9.17, 15) is 4.79 Å². The summed E-state index contributed by atoms with van der Waals surface area (Å²) in [5.41, 5.74) is 4.67. The lowest BCUT2D eigenvalue weighted by Gasteiger charge is -2.58. The lowest BCUT2D eigenvalue weighted by Crippen LogP contribution is -2.50. The highest BCUT2D eigenvalue weighted by Crippen LogP contribution is 2.68. The topological polar surface area (TPSA) is 33.2 Å². The highest BCUT2D eigenvalue weighted by Gasteiger charge is 2.59. The van der Waals surface area contributed by atoms with Crippen molar-refractivity contribution < 1.29 is 4.79 Å². The summed E-state index contributed by atoms with van der Waals surface area (Å²) in [7, 11) is 0. The Morgan fingerprint density at radius 1 is 1.03 bits per heavy atom. The molecule has 3 saturated carbocycles. The zero-order valence-electron chi connectivity index (χ0n) is 20.9. The van der Waals surface area contributed by atoms with E-state index >= 15 is 0 Å². The Labute approximate surface area is 208 Å². The van der Waals surface area contributed by atoms with Gasteiger partial charge >= 0.3 is 0 Å². The van der Waals surface area contributed by atoms with Gasteiger partial charge in [0.1, 0.15) is 0 Å². The van der Waals surface area contributed by atoms with Gasteiger partial charge in [0, 0.05) is 30.0 Å². The smallest absolute Gasteiger partial charge is 0.190 e. The van der Waals surface area contributed by atoms with E-state index in [2.05, 4.69) is 61.4 Å². The van der Waals surface area contributed by atoms with Gasteiger partial charge in [-0.1, -0.05) is 37.6 Å². The quantitative estimate of drug-likeness (QED) is 0.451. The van der Waals surface area contributed by atoms with Crippen molar-refractivity contribution in [2.45, 2.75) is 78.1 Å². The zero-order valence-corrected chi connectivity index (χ0v) is 21.7. The number of hydrogen-bond acceptors (Lipinski definition) is 4. The maximum atomic E-state index is 12.1. The number of anilines is 2. The monoisotopic (exact) mass is 474 g/mol. The molecule has 34 heavy (non-hydrogen) atoms. The van der Waals surface area contributed by atoms with Gasteiger partial charge in [-0.2, -0.15) is 0 Å². The van der Waals surface area contributed by atoms with E-state index in [1.165, 1.54) is 49.1 Å². The van der Waals surface area contributed by atoms with E-state index in [0.717, 1.165) is 48.7 Å². The minimum absolute atomic E-state index is 0.265. The Hall–Kier alpha value is -1.94. The molecule has 1 aromatic carbocycles. The maximum Gasteiger partial charge on any atom is 0.190 e. The molecule has 0 amide bonds. The lowest BCUT2D eigenvalue weighted by atomic mass is 9.47. The van der Waals surface area contributed by atoms with Crippen LogP contribution in [0.1, 0.15) is 83.7 Å². The standard InChI is InChI=1S/C30H38N2OS/c1-4-32(21-8-6-5-7-9-21)28-31-27(19-34-28)26-13-12-24-23-11-10-20-18-22(33)14-16-29(20,2)25(23)15-17-30(24,26)3/h5-9,18-19,23-26H,4,10-17H2,1-3H3. The average Bonchev–Trinajstić information content (AvgIpc) is 3.45. The minimum atomic E-state index is 0.265. The highest BCUT2D eigenvalue weighted by molar-refractivity contribution is 7.13. The molecule has 0 aliphatic heterocycles. The molecule has 6 rings (SSSR count). The summed E-state index contributed by atoms with van der Waals surface area (Å²) in [6, 6.07) is 10.7. The van der Waals surface area contributed by atoms with Gasteiger partial charge in [0.25, 0.3) is 0 Å². The molecular formula is C30H38N2OS. The number of aromatic nitrogens is 1. The van der Waals surface area contributed by atoms with Crippen molar-refractivity contribution >= 4 is 27.9 Å². The SMILES string of the molecule is CCN(c1ccccc1)c1nc(C2CCC3C4CCC5=CC(=O)CCC5(C)C4CCC23C)cs1. The molecular weight excluding hydrogens is 436 g/mol. The second kappa shape index (κ2) is 8.33. The van der Waals surface area contributed by atoms with Crippen molar-refractivity contribution in [3.8, 4) is 0 Å². The van der Waals surface area contributed by atoms with Gasteiger partial charge in [-0.25, -0.2) is 4.98 Å². The van der Waals surface area contributed by atoms with Crippen LogP contribution in [0.3, 0.4) is 0 Å². The van der Waals surface area contributed by atoms with Crippen LogP contribution in [0.25, 0.3) is 0 Å². The summed E-state index contributed by atoms with van der Waals surface area (Å²) in [4.78, 5) is 19.7. The number of fused-ring (bicyclic) bond motifs is 5. The minimum Gasteiger partial charge on any atom is -0.318 e. The second-order valence-electron chi connectivity index (χ2n) is 11.8. The van der Waals surface area contributed by atoms with Crippen LogP contribution in [0.5, 0.6) is 0 Å².